The number of hydrogen-bond acceptors (Lipinski definition) is 4. The first-order valence-corrected chi connectivity index (χ1v) is 8.61. The minimum atomic E-state index is -0.943. The second-order valence-electron chi connectivity index (χ2n) is 6.35. The molecular formula is C19H18F2N4O2. The van der Waals surface area contributed by atoms with Gasteiger partial charge in [0.05, 0.1) is 24.9 Å². The summed E-state index contributed by atoms with van der Waals surface area (Å²) in [5.74, 6) is -1.52. The summed E-state index contributed by atoms with van der Waals surface area (Å²) in [5.41, 5.74) is 2.37. The van der Waals surface area contributed by atoms with Gasteiger partial charge in [-0.25, -0.2) is 13.8 Å². The number of nitrogens with zero attached hydrogens (tertiary/aromatic N) is 3. The highest BCUT2D eigenvalue weighted by Crippen LogP contribution is 2.25. The third kappa shape index (κ3) is 3.23. The number of hydrogen-bond donors (Lipinski definition) is 1. The van der Waals surface area contributed by atoms with E-state index in [2.05, 4.69) is 10.3 Å². The number of rotatable bonds is 3. The summed E-state index contributed by atoms with van der Waals surface area (Å²) in [6.07, 6.45) is 1.50. The topological polar surface area (TPSA) is 58.9 Å². The summed E-state index contributed by atoms with van der Waals surface area (Å²) in [5, 5.41) is 2.99. The summed E-state index contributed by atoms with van der Waals surface area (Å²) in [7, 11) is 0. The maximum Gasteiger partial charge on any atom is 0.272 e. The number of nitrogens with one attached hydrogen (secondary N) is 1. The molecule has 1 aliphatic rings. The van der Waals surface area contributed by atoms with E-state index in [-0.39, 0.29) is 5.91 Å². The lowest BCUT2D eigenvalue weighted by Gasteiger charge is -2.27. The summed E-state index contributed by atoms with van der Waals surface area (Å²) >= 11 is 0. The molecule has 27 heavy (non-hydrogen) atoms. The zero-order chi connectivity index (χ0) is 19.0. The van der Waals surface area contributed by atoms with Crippen molar-refractivity contribution in [1.29, 1.82) is 0 Å². The van der Waals surface area contributed by atoms with E-state index < -0.39 is 11.6 Å². The second-order valence-corrected chi connectivity index (χ2v) is 6.35. The quantitative estimate of drug-likeness (QED) is 0.767. The van der Waals surface area contributed by atoms with Crippen molar-refractivity contribution in [3.8, 4) is 0 Å². The van der Waals surface area contributed by atoms with Crippen LogP contribution in [0.1, 0.15) is 16.2 Å². The molecule has 0 aliphatic carbocycles. The molecule has 8 heteroatoms. The molecule has 1 aromatic carbocycles. The van der Waals surface area contributed by atoms with E-state index in [4.69, 9.17) is 4.74 Å². The average Bonchev–Trinajstić information content (AvgIpc) is 3.08. The minimum Gasteiger partial charge on any atom is -0.378 e. The van der Waals surface area contributed by atoms with Crippen LogP contribution in [0.3, 0.4) is 0 Å². The van der Waals surface area contributed by atoms with Gasteiger partial charge >= 0.3 is 0 Å². The van der Waals surface area contributed by atoms with Gasteiger partial charge in [0, 0.05) is 30.5 Å². The molecule has 0 unspecified atom stereocenters. The van der Waals surface area contributed by atoms with Crippen LogP contribution in [-0.4, -0.2) is 46.5 Å². The van der Waals surface area contributed by atoms with E-state index in [0.29, 0.717) is 49.0 Å². The van der Waals surface area contributed by atoms with E-state index in [1.807, 2.05) is 23.5 Å². The molecule has 3 heterocycles. The Morgan fingerprint density at radius 2 is 1.93 bits per heavy atom. The smallest absolute Gasteiger partial charge is 0.272 e. The molecular weight excluding hydrogens is 354 g/mol. The van der Waals surface area contributed by atoms with E-state index >= 15 is 0 Å². The van der Waals surface area contributed by atoms with Crippen molar-refractivity contribution in [2.45, 2.75) is 6.92 Å². The standard InChI is InChI=1S/C19H18F2N4O2/c1-12-2-5-16-18(23-13-3-4-14(20)15(21)10-13)22-11-17(25(12)16)19(26)24-6-8-27-9-7-24/h2-5,10-11H,6-9H2,1H3,(H,22,23). The third-order valence-corrected chi connectivity index (χ3v) is 4.58. The highest BCUT2D eigenvalue weighted by atomic mass is 19.2. The number of morpholine rings is 1. The van der Waals surface area contributed by atoms with Crippen LogP contribution in [0, 0.1) is 18.6 Å². The van der Waals surface area contributed by atoms with E-state index in [1.54, 1.807) is 4.90 Å². The molecule has 2 aromatic heterocycles. The van der Waals surface area contributed by atoms with Gasteiger partial charge in [0.1, 0.15) is 5.69 Å². The van der Waals surface area contributed by atoms with Gasteiger partial charge in [-0.3, -0.25) is 4.79 Å². The molecule has 0 spiro atoms. The first kappa shape index (κ1) is 17.4. The number of aryl methyl sites for hydroxylation is 1. The van der Waals surface area contributed by atoms with Gasteiger partial charge in [-0.15, -0.1) is 0 Å². The molecule has 1 N–H and O–H groups in total. The number of carbonyl (C=O) groups is 1. The zero-order valence-corrected chi connectivity index (χ0v) is 14.7. The summed E-state index contributed by atoms with van der Waals surface area (Å²) in [6.45, 7) is 4.00. The van der Waals surface area contributed by atoms with Crippen molar-refractivity contribution < 1.29 is 18.3 Å². The van der Waals surface area contributed by atoms with Crippen LogP contribution in [0.25, 0.3) is 5.52 Å². The molecule has 140 valence electrons. The van der Waals surface area contributed by atoms with Crippen molar-refractivity contribution >= 4 is 22.9 Å². The first-order chi connectivity index (χ1) is 13.0. The van der Waals surface area contributed by atoms with Gasteiger partial charge in [0.25, 0.3) is 5.91 Å². The Kier molecular flexibility index (Phi) is 4.49. The Hall–Kier alpha value is -3.00. The number of benzene rings is 1. The monoisotopic (exact) mass is 372 g/mol. The molecule has 6 nitrogen and oxygen atoms in total. The van der Waals surface area contributed by atoms with Gasteiger partial charge in [-0.1, -0.05) is 0 Å². The van der Waals surface area contributed by atoms with Crippen LogP contribution in [0.2, 0.25) is 0 Å². The fourth-order valence-corrected chi connectivity index (χ4v) is 3.18. The molecule has 3 aromatic rings. The number of carbonyl (C=O) groups excluding carboxylic acids is 1. The van der Waals surface area contributed by atoms with Gasteiger partial charge in [-0.05, 0) is 31.2 Å². The predicted octanol–water partition coefficient (Wildman–Crippen LogP) is 3.14. The number of halogens is 2. The average molecular weight is 372 g/mol. The SMILES string of the molecule is Cc1ccc2c(Nc3ccc(F)c(F)c3)ncc(C(=O)N3CCOCC3)n12. The number of anilines is 2. The van der Waals surface area contributed by atoms with Gasteiger partial charge in [0.2, 0.25) is 0 Å². The second kappa shape index (κ2) is 6.96. The number of amides is 1. The lowest BCUT2D eigenvalue weighted by atomic mass is 10.3. The molecule has 1 amide bonds. The maximum absolute atomic E-state index is 13.5. The Morgan fingerprint density at radius 1 is 1.15 bits per heavy atom. The van der Waals surface area contributed by atoms with Crippen LogP contribution in [0.4, 0.5) is 20.3 Å². The lowest BCUT2D eigenvalue weighted by Crippen LogP contribution is -2.41. The number of ether oxygens (including phenoxy) is 1. The van der Waals surface area contributed by atoms with Gasteiger partial charge in [-0.2, -0.15) is 0 Å². The molecule has 0 atom stereocenters. The van der Waals surface area contributed by atoms with E-state index in [1.165, 1.54) is 12.3 Å². The Bertz CT molecular complexity index is 1010. The first-order valence-electron chi connectivity index (χ1n) is 8.61. The summed E-state index contributed by atoms with van der Waals surface area (Å²) < 4.78 is 33.7. The maximum atomic E-state index is 13.5. The molecule has 0 saturated carbocycles. The van der Waals surface area contributed by atoms with Crippen LogP contribution in [0.15, 0.2) is 36.5 Å². The Morgan fingerprint density at radius 3 is 2.67 bits per heavy atom. The number of aromatic nitrogens is 2. The van der Waals surface area contributed by atoms with Crippen LogP contribution in [-0.2, 0) is 4.74 Å². The Labute approximate surface area is 154 Å². The molecule has 0 bridgehead atoms. The molecule has 0 radical (unpaired) electrons. The fraction of sp³-hybridized carbons (Fsp3) is 0.263. The van der Waals surface area contributed by atoms with E-state index in [9.17, 15) is 13.6 Å². The number of fused-ring (bicyclic) bond motifs is 1. The zero-order valence-electron chi connectivity index (χ0n) is 14.7. The van der Waals surface area contributed by atoms with Crippen molar-refractivity contribution in [3.63, 3.8) is 0 Å². The lowest BCUT2D eigenvalue weighted by molar-refractivity contribution is 0.0297. The van der Waals surface area contributed by atoms with Gasteiger partial charge < -0.3 is 19.4 Å². The predicted molar refractivity (Wildman–Crippen MR) is 96.3 cm³/mol. The third-order valence-electron chi connectivity index (χ3n) is 4.58. The molecule has 1 saturated heterocycles. The van der Waals surface area contributed by atoms with Gasteiger partial charge in [0.15, 0.2) is 17.5 Å². The molecule has 4 rings (SSSR count). The summed E-state index contributed by atoms with van der Waals surface area (Å²) in [4.78, 5) is 19.0. The van der Waals surface area contributed by atoms with Crippen molar-refractivity contribution in [2.75, 3.05) is 31.6 Å². The highest BCUT2D eigenvalue weighted by Gasteiger charge is 2.22. The highest BCUT2D eigenvalue weighted by molar-refractivity contribution is 5.94. The fourth-order valence-electron chi connectivity index (χ4n) is 3.18. The van der Waals surface area contributed by atoms with Crippen molar-refractivity contribution in [3.05, 3.63) is 59.6 Å². The van der Waals surface area contributed by atoms with Crippen molar-refractivity contribution in [2.24, 2.45) is 0 Å². The largest absolute Gasteiger partial charge is 0.378 e. The van der Waals surface area contributed by atoms with E-state index in [0.717, 1.165) is 17.8 Å². The van der Waals surface area contributed by atoms with Crippen LogP contribution >= 0.6 is 0 Å². The normalized spacial score (nSPS) is 14.6. The van der Waals surface area contributed by atoms with Crippen molar-refractivity contribution in [1.82, 2.24) is 14.3 Å². The molecule has 1 aliphatic heterocycles. The summed E-state index contributed by atoms with van der Waals surface area (Å²) in [6, 6.07) is 7.26. The van der Waals surface area contributed by atoms with Crippen LogP contribution < -0.4 is 5.32 Å². The van der Waals surface area contributed by atoms with Crippen LogP contribution in [0.5, 0.6) is 0 Å². The Balaban J connectivity index is 1.72. The minimum absolute atomic E-state index is 0.116. The molecule has 1 fully saturated rings.